The topological polar surface area (TPSA) is 364 Å². The molecule has 9 rings (SSSR count). The summed E-state index contributed by atoms with van der Waals surface area (Å²) < 4.78 is 0. The van der Waals surface area contributed by atoms with Crippen LogP contribution in [0.5, 0.6) is 23.0 Å². The minimum absolute atomic E-state index is 0. The maximum atomic E-state index is 8.79. The fourth-order valence-corrected chi connectivity index (χ4v) is 5.13. The molecule has 0 fully saturated rings. The van der Waals surface area contributed by atoms with Crippen LogP contribution in [-0.4, -0.2) is 153 Å². The molecule has 0 aromatic heterocycles. The third-order valence-electron chi connectivity index (χ3n) is 9.39. The van der Waals surface area contributed by atoms with Gasteiger partial charge in [0.15, 0.2) is 34.5 Å². The number of phenols is 4. The van der Waals surface area contributed by atoms with Gasteiger partial charge in [-0.1, -0.05) is 255 Å². The van der Waals surface area contributed by atoms with Gasteiger partial charge in [-0.25, -0.2) is 0 Å². The van der Waals surface area contributed by atoms with Crippen LogP contribution in [0.3, 0.4) is 0 Å². The predicted octanol–water partition coefficient (Wildman–Crippen LogP) is 11.9. The van der Waals surface area contributed by atoms with Gasteiger partial charge < -0.3 is 91.9 Å². The van der Waals surface area contributed by atoms with Crippen LogP contribution >= 0.6 is 0 Å². The van der Waals surface area contributed by atoms with Crippen molar-refractivity contribution in [1.82, 2.24) is 0 Å². The molecular weight excluding hydrogens is 1330 g/mol. The first kappa shape index (κ1) is 109. The summed E-state index contributed by atoms with van der Waals surface area (Å²) in [7, 11) is 0. The standard InChI is InChI=1S/7C6H8O2.2C6H6O2.7C2H6.4Fe/c9*7-5-3-1-2-4-6(5)8;7*1-2;;;;/h2*1,3,7-8H,2,4H2;5*1-8H;2*1-4,7-8H;7*1-2H3;;;;/t;;5*5-,6?;;;;;;;;;;;;;/m..00000............./s1. The van der Waals surface area contributed by atoms with Gasteiger partial charge in [0.05, 0.1) is 0 Å². The van der Waals surface area contributed by atoms with Crippen LogP contribution in [0.25, 0.3) is 0 Å². The van der Waals surface area contributed by atoms with Crippen LogP contribution in [-0.2, 0) is 68.3 Å². The van der Waals surface area contributed by atoms with Crippen molar-refractivity contribution in [2.45, 2.75) is 184 Å². The van der Waals surface area contributed by atoms with E-state index in [-0.39, 0.29) is 114 Å². The largest absolute Gasteiger partial charge is 0.508 e. The van der Waals surface area contributed by atoms with Crippen LogP contribution in [0.15, 0.2) is 217 Å². The zero-order valence-corrected chi connectivity index (χ0v) is 59.0. The van der Waals surface area contributed by atoms with Crippen LogP contribution < -0.4 is 0 Å². The molecule has 0 amide bonds. The molecule has 7 aliphatic rings. The fraction of sp³-hybridized carbons (Fsp3) is 0.412. The molecule has 0 spiro atoms. The number of phenolic OH excluding ortho intramolecular Hbond substituents is 4. The minimum atomic E-state index is -0.708. The smallest absolute Gasteiger partial charge is 0.157 e. The van der Waals surface area contributed by atoms with E-state index in [9.17, 15) is 0 Å². The van der Waals surface area contributed by atoms with Gasteiger partial charge in [-0.05, 0) is 49.3 Å². The Morgan fingerprint density at radius 3 is 0.456 bits per heavy atom. The molecule has 2 aromatic carbocycles. The van der Waals surface area contributed by atoms with Crippen molar-refractivity contribution in [3.8, 4) is 23.0 Å². The average Bonchev–Trinajstić information content (AvgIpc) is 3.56. The zero-order valence-electron chi connectivity index (χ0n) is 54.5. The van der Waals surface area contributed by atoms with Gasteiger partial charge in [-0.15, -0.1) is 0 Å². The van der Waals surface area contributed by atoms with Gasteiger partial charge in [0.2, 0.25) is 0 Å². The normalized spacial score (nSPS) is 21.4. The molecule has 0 heterocycles. The zero-order chi connectivity index (χ0) is 67.8. The predicted molar refractivity (Wildman–Crippen MR) is 352 cm³/mol. The minimum Gasteiger partial charge on any atom is -0.508 e. The third kappa shape index (κ3) is 63.0. The van der Waals surface area contributed by atoms with E-state index in [1.54, 1.807) is 146 Å². The molecule has 522 valence electrons. The number of aliphatic hydroxyl groups is 14. The second kappa shape index (κ2) is 80.0. The number of allylic oxidation sites excluding steroid dienone is 16. The summed E-state index contributed by atoms with van der Waals surface area (Å²) in [5.41, 5.74) is 0. The molecule has 0 radical (unpaired) electrons. The number of hydrogen-bond acceptors (Lipinski definition) is 18. The van der Waals surface area contributed by atoms with Gasteiger partial charge in [0.1, 0.15) is 72.6 Å². The Morgan fingerprint density at radius 2 is 0.378 bits per heavy atom. The Morgan fingerprint density at radius 1 is 0.244 bits per heavy atom. The quantitative estimate of drug-likeness (QED) is 0.0860. The first-order valence-corrected chi connectivity index (χ1v) is 29.3. The molecule has 5 unspecified atom stereocenters. The number of aromatic hydroxyl groups is 4. The summed E-state index contributed by atoms with van der Waals surface area (Å²) in [4.78, 5) is 0. The maximum Gasteiger partial charge on any atom is 0.157 e. The number of benzene rings is 2. The summed E-state index contributed by atoms with van der Waals surface area (Å²) in [5, 5.41) is 158. The van der Waals surface area contributed by atoms with E-state index in [1.807, 2.05) is 109 Å². The number of rotatable bonds is 0. The van der Waals surface area contributed by atoms with Crippen LogP contribution in [0.2, 0.25) is 0 Å². The van der Waals surface area contributed by atoms with Crippen molar-refractivity contribution in [2.24, 2.45) is 0 Å². The van der Waals surface area contributed by atoms with Gasteiger partial charge >= 0.3 is 0 Å². The molecule has 7 aliphatic carbocycles. The second-order valence-electron chi connectivity index (χ2n) is 15.3. The molecule has 18 nitrogen and oxygen atoms in total. The number of aliphatic hydroxyl groups excluding tert-OH is 14. The van der Waals surface area contributed by atoms with Crippen LogP contribution in [0.1, 0.15) is 123 Å². The van der Waals surface area contributed by atoms with E-state index in [4.69, 9.17) is 91.9 Å². The summed E-state index contributed by atoms with van der Waals surface area (Å²) in [6.07, 6.45) is 34.9. The Bertz CT molecular complexity index is 1940. The van der Waals surface area contributed by atoms with Crippen molar-refractivity contribution < 1.29 is 160 Å². The van der Waals surface area contributed by atoms with Crippen molar-refractivity contribution in [3.63, 3.8) is 0 Å². The molecule has 0 saturated carbocycles. The summed E-state index contributed by atoms with van der Waals surface area (Å²) in [6.45, 7) is 28.0. The monoisotopic (exact) mass is 1440 g/mol. The molecule has 10 atom stereocenters. The number of para-hydroxylation sites is 4. The van der Waals surface area contributed by atoms with Gasteiger partial charge in [-0.2, -0.15) is 0 Å². The molecule has 0 saturated heterocycles. The van der Waals surface area contributed by atoms with Gasteiger partial charge in [0.25, 0.3) is 0 Å². The Hall–Kier alpha value is -5.12. The number of hydrogen-bond donors (Lipinski definition) is 18. The van der Waals surface area contributed by atoms with Crippen molar-refractivity contribution in [3.05, 3.63) is 217 Å². The molecule has 90 heavy (non-hydrogen) atoms. The van der Waals surface area contributed by atoms with Crippen molar-refractivity contribution >= 4 is 0 Å². The first-order chi connectivity index (χ1) is 41.2. The molecular formula is C68H110Fe4O18. The molecule has 18 N–H and O–H groups in total. The second-order valence-corrected chi connectivity index (χ2v) is 15.3. The fourth-order valence-electron chi connectivity index (χ4n) is 5.13. The van der Waals surface area contributed by atoms with Crippen molar-refractivity contribution in [1.29, 1.82) is 0 Å². The molecule has 0 aliphatic heterocycles. The van der Waals surface area contributed by atoms with Crippen LogP contribution in [0, 0.1) is 0 Å². The van der Waals surface area contributed by atoms with Gasteiger partial charge in [-0.3, -0.25) is 0 Å². The van der Waals surface area contributed by atoms with E-state index in [1.165, 1.54) is 36.4 Å². The SMILES string of the molecule is CC.CC.CC.CC.CC.CC.CC.OC1=C(O)CCC=C1.OC1=C(O)CCC=C1.OC1C=CC=C[C@@H]1O.OC1C=CC=C[C@@H]1O.OC1C=CC=C[C@@H]1O.OC1C=CC=C[C@@H]1O.OC1C=CC=C[C@@H]1O.Oc1ccccc1O.Oc1ccccc1O.[Fe].[Fe].[Fe].[Fe]. The third-order valence-corrected chi connectivity index (χ3v) is 9.39. The molecule has 2 aromatic rings. The van der Waals surface area contributed by atoms with Crippen molar-refractivity contribution in [2.75, 3.05) is 0 Å². The van der Waals surface area contributed by atoms with Gasteiger partial charge in [0, 0.05) is 81.1 Å². The Kier molecular flexibility index (Phi) is 97.2. The summed E-state index contributed by atoms with van der Waals surface area (Å²) in [6, 6.07) is 12.3. The van der Waals surface area contributed by atoms with E-state index in [0.717, 1.165) is 12.8 Å². The summed E-state index contributed by atoms with van der Waals surface area (Å²) >= 11 is 0. The van der Waals surface area contributed by atoms with E-state index < -0.39 is 61.0 Å². The maximum absolute atomic E-state index is 8.79. The molecule has 22 heteroatoms. The molecule has 0 bridgehead atoms. The average molecular weight is 1440 g/mol. The van der Waals surface area contributed by atoms with E-state index in [0.29, 0.717) is 12.8 Å². The van der Waals surface area contributed by atoms with E-state index in [2.05, 4.69) is 0 Å². The summed E-state index contributed by atoms with van der Waals surface area (Å²) in [5.74, 6) is -0.0764. The van der Waals surface area contributed by atoms with Crippen LogP contribution in [0.4, 0.5) is 0 Å². The Balaban J connectivity index is -0.0000000841. The van der Waals surface area contributed by atoms with E-state index >= 15 is 0 Å². The first-order valence-electron chi connectivity index (χ1n) is 29.3. The Labute approximate surface area is 580 Å².